The molecule has 1 rings (SSSR count). The van der Waals surface area contributed by atoms with Crippen LogP contribution >= 0.6 is 0 Å². The standard InChI is InChI=1S/C18H28N2O2/c1-13(16(21)19-15-9-7-6-8-10-15)11-12-14(2)17(22)20-18(3,4)5/h6-10,13-14H,11-12H2,1-5H3,(H,19,21)(H,20,22). The maximum Gasteiger partial charge on any atom is 0.227 e. The van der Waals surface area contributed by atoms with E-state index in [1.165, 1.54) is 0 Å². The summed E-state index contributed by atoms with van der Waals surface area (Å²) in [5.74, 6) is -0.172. The Balaban J connectivity index is 2.40. The lowest BCUT2D eigenvalue weighted by atomic mass is 9.96. The molecule has 2 N–H and O–H groups in total. The van der Waals surface area contributed by atoms with Crippen molar-refractivity contribution in [2.24, 2.45) is 11.8 Å². The number of benzene rings is 1. The van der Waals surface area contributed by atoms with Gasteiger partial charge in [0.2, 0.25) is 11.8 Å². The Morgan fingerprint density at radius 2 is 1.45 bits per heavy atom. The van der Waals surface area contributed by atoms with Crippen molar-refractivity contribution in [3.63, 3.8) is 0 Å². The zero-order valence-electron chi connectivity index (χ0n) is 14.3. The number of para-hydroxylation sites is 1. The molecule has 0 saturated carbocycles. The SMILES string of the molecule is CC(CCC(C)C(=O)NC(C)(C)C)C(=O)Nc1ccccc1. The summed E-state index contributed by atoms with van der Waals surface area (Å²) >= 11 is 0. The first kappa shape index (κ1) is 18.2. The summed E-state index contributed by atoms with van der Waals surface area (Å²) in [6.07, 6.45) is 1.39. The topological polar surface area (TPSA) is 58.2 Å². The first-order valence-electron chi connectivity index (χ1n) is 7.87. The maximum absolute atomic E-state index is 12.1. The minimum atomic E-state index is -0.221. The highest BCUT2D eigenvalue weighted by Gasteiger charge is 2.21. The zero-order valence-corrected chi connectivity index (χ0v) is 14.3. The van der Waals surface area contributed by atoms with Gasteiger partial charge in [-0.25, -0.2) is 0 Å². The molecule has 2 unspecified atom stereocenters. The molecule has 22 heavy (non-hydrogen) atoms. The molecule has 0 heterocycles. The van der Waals surface area contributed by atoms with Crippen molar-refractivity contribution in [2.45, 2.75) is 53.0 Å². The van der Waals surface area contributed by atoms with Gasteiger partial charge in [-0.2, -0.15) is 0 Å². The highest BCUT2D eigenvalue weighted by Crippen LogP contribution is 2.16. The number of nitrogens with one attached hydrogen (secondary N) is 2. The lowest BCUT2D eigenvalue weighted by Crippen LogP contribution is -2.43. The number of carbonyl (C=O) groups excluding carboxylic acids is 2. The number of hydrogen-bond donors (Lipinski definition) is 2. The summed E-state index contributed by atoms with van der Waals surface area (Å²) in [7, 11) is 0. The van der Waals surface area contributed by atoms with Gasteiger partial charge in [0.15, 0.2) is 0 Å². The predicted octanol–water partition coefficient (Wildman–Crippen LogP) is 3.59. The van der Waals surface area contributed by atoms with Crippen LogP contribution in [0.2, 0.25) is 0 Å². The molecule has 2 atom stereocenters. The first-order valence-corrected chi connectivity index (χ1v) is 7.87. The Bertz CT molecular complexity index is 492. The monoisotopic (exact) mass is 304 g/mol. The second kappa shape index (κ2) is 7.97. The van der Waals surface area contributed by atoms with E-state index in [0.29, 0.717) is 12.8 Å². The third-order valence-electron chi connectivity index (χ3n) is 3.47. The molecule has 122 valence electrons. The Kier molecular flexibility index (Phi) is 6.60. The van der Waals surface area contributed by atoms with Crippen molar-refractivity contribution in [1.29, 1.82) is 0 Å². The van der Waals surface area contributed by atoms with Crippen LogP contribution in [-0.4, -0.2) is 17.4 Å². The van der Waals surface area contributed by atoms with Crippen LogP contribution in [0.1, 0.15) is 47.5 Å². The van der Waals surface area contributed by atoms with Crippen LogP contribution in [0.25, 0.3) is 0 Å². The van der Waals surface area contributed by atoms with Crippen molar-refractivity contribution in [1.82, 2.24) is 5.32 Å². The number of carbonyl (C=O) groups is 2. The molecule has 0 aliphatic heterocycles. The van der Waals surface area contributed by atoms with Gasteiger partial charge in [0, 0.05) is 23.1 Å². The van der Waals surface area contributed by atoms with E-state index >= 15 is 0 Å². The first-order chi connectivity index (χ1) is 10.2. The minimum Gasteiger partial charge on any atom is -0.351 e. The average molecular weight is 304 g/mol. The van der Waals surface area contributed by atoms with Gasteiger partial charge >= 0.3 is 0 Å². The number of hydrogen-bond acceptors (Lipinski definition) is 2. The van der Waals surface area contributed by atoms with Crippen LogP contribution in [-0.2, 0) is 9.59 Å². The summed E-state index contributed by atoms with van der Waals surface area (Å²) in [4.78, 5) is 24.1. The highest BCUT2D eigenvalue weighted by molar-refractivity contribution is 5.92. The third-order valence-corrected chi connectivity index (χ3v) is 3.47. The van der Waals surface area contributed by atoms with Crippen LogP contribution in [0.4, 0.5) is 5.69 Å². The number of anilines is 1. The van der Waals surface area contributed by atoms with Crippen molar-refractivity contribution in [3.8, 4) is 0 Å². The van der Waals surface area contributed by atoms with Crippen LogP contribution in [0, 0.1) is 11.8 Å². The smallest absolute Gasteiger partial charge is 0.227 e. The highest BCUT2D eigenvalue weighted by atomic mass is 16.2. The maximum atomic E-state index is 12.1. The molecule has 2 amide bonds. The molecule has 0 fully saturated rings. The van der Waals surface area contributed by atoms with E-state index in [1.54, 1.807) is 0 Å². The Morgan fingerprint density at radius 1 is 0.955 bits per heavy atom. The normalized spacial score (nSPS) is 14.0. The molecule has 0 saturated heterocycles. The van der Waals surface area contributed by atoms with E-state index in [1.807, 2.05) is 65.0 Å². The average Bonchev–Trinajstić information content (AvgIpc) is 2.43. The van der Waals surface area contributed by atoms with E-state index in [4.69, 9.17) is 0 Å². The van der Waals surface area contributed by atoms with E-state index in [-0.39, 0.29) is 29.2 Å². The molecule has 0 aliphatic rings. The lowest BCUT2D eigenvalue weighted by molar-refractivity contribution is -0.127. The molecular weight excluding hydrogens is 276 g/mol. The Morgan fingerprint density at radius 3 is 1.95 bits per heavy atom. The summed E-state index contributed by atoms with van der Waals surface area (Å²) in [6, 6.07) is 9.42. The molecular formula is C18H28N2O2. The van der Waals surface area contributed by atoms with Gasteiger partial charge in [0.05, 0.1) is 0 Å². The molecule has 4 nitrogen and oxygen atoms in total. The van der Waals surface area contributed by atoms with Crippen molar-refractivity contribution < 1.29 is 9.59 Å². The molecule has 0 aromatic heterocycles. The third kappa shape index (κ3) is 6.74. The molecule has 0 bridgehead atoms. The van der Waals surface area contributed by atoms with Crippen LogP contribution in [0.5, 0.6) is 0 Å². The van der Waals surface area contributed by atoms with Crippen LogP contribution < -0.4 is 10.6 Å². The minimum absolute atomic E-state index is 0.00497. The summed E-state index contributed by atoms with van der Waals surface area (Å²) in [6.45, 7) is 9.70. The molecule has 0 aliphatic carbocycles. The van der Waals surface area contributed by atoms with Gasteiger partial charge in [0.1, 0.15) is 0 Å². The lowest BCUT2D eigenvalue weighted by Gasteiger charge is -2.23. The van der Waals surface area contributed by atoms with Crippen molar-refractivity contribution in [3.05, 3.63) is 30.3 Å². The fourth-order valence-corrected chi connectivity index (χ4v) is 2.04. The number of amides is 2. The van der Waals surface area contributed by atoms with Gasteiger partial charge in [-0.05, 0) is 45.7 Å². The van der Waals surface area contributed by atoms with E-state index in [9.17, 15) is 9.59 Å². The van der Waals surface area contributed by atoms with Crippen LogP contribution in [0.3, 0.4) is 0 Å². The van der Waals surface area contributed by atoms with Crippen LogP contribution in [0.15, 0.2) is 30.3 Å². The zero-order chi connectivity index (χ0) is 16.8. The molecule has 1 aromatic carbocycles. The predicted molar refractivity (Wildman–Crippen MR) is 90.5 cm³/mol. The van der Waals surface area contributed by atoms with Gasteiger partial charge in [-0.3, -0.25) is 9.59 Å². The van der Waals surface area contributed by atoms with Crippen molar-refractivity contribution >= 4 is 17.5 Å². The quantitative estimate of drug-likeness (QED) is 0.843. The molecule has 4 heteroatoms. The van der Waals surface area contributed by atoms with Gasteiger partial charge in [-0.1, -0.05) is 32.0 Å². The second-order valence-electron chi connectivity index (χ2n) is 6.97. The Labute approximate surface area is 133 Å². The number of rotatable bonds is 6. The summed E-state index contributed by atoms with van der Waals surface area (Å²) in [5, 5.41) is 5.87. The van der Waals surface area contributed by atoms with Gasteiger partial charge in [0.25, 0.3) is 0 Å². The summed E-state index contributed by atoms with van der Waals surface area (Å²) in [5.41, 5.74) is 0.583. The van der Waals surface area contributed by atoms with Crippen molar-refractivity contribution in [2.75, 3.05) is 5.32 Å². The fraction of sp³-hybridized carbons (Fsp3) is 0.556. The molecule has 0 spiro atoms. The summed E-state index contributed by atoms with van der Waals surface area (Å²) < 4.78 is 0. The largest absolute Gasteiger partial charge is 0.351 e. The van der Waals surface area contributed by atoms with Gasteiger partial charge in [-0.15, -0.1) is 0 Å². The Hall–Kier alpha value is -1.84. The van der Waals surface area contributed by atoms with E-state index < -0.39 is 0 Å². The van der Waals surface area contributed by atoms with E-state index in [2.05, 4.69) is 10.6 Å². The van der Waals surface area contributed by atoms with Gasteiger partial charge < -0.3 is 10.6 Å². The fourth-order valence-electron chi connectivity index (χ4n) is 2.04. The molecule has 0 radical (unpaired) electrons. The molecule has 1 aromatic rings. The second-order valence-corrected chi connectivity index (χ2v) is 6.97. The van der Waals surface area contributed by atoms with E-state index in [0.717, 1.165) is 5.69 Å².